The number of rotatable bonds is 4. The van der Waals surface area contributed by atoms with Crippen LogP contribution in [-0.2, 0) is 0 Å². The van der Waals surface area contributed by atoms with Crippen LogP contribution in [0.4, 0.5) is 0 Å². The smallest absolute Gasteiger partial charge is 0.204 e. The van der Waals surface area contributed by atoms with E-state index in [2.05, 4.69) is 0 Å². The number of nitrogens with zero attached hydrogens (tertiary/aromatic N) is 4. The van der Waals surface area contributed by atoms with E-state index in [9.17, 15) is 46.0 Å². The molecule has 0 radical (unpaired) electrons. The fourth-order valence-corrected chi connectivity index (χ4v) is 9.54. The van der Waals surface area contributed by atoms with Gasteiger partial charge in [-0.3, -0.25) is 0 Å². The molecule has 12 aromatic rings. The van der Waals surface area contributed by atoms with E-state index in [4.69, 9.17) is 15.0 Å². The summed E-state index contributed by atoms with van der Waals surface area (Å²) >= 11 is 0. The van der Waals surface area contributed by atoms with E-state index in [0.717, 1.165) is 38.4 Å². The zero-order valence-corrected chi connectivity index (χ0v) is 32.9. The summed E-state index contributed by atoms with van der Waals surface area (Å²) in [6.07, 6.45) is 0. The largest absolute Gasteiger partial charge is 0.507 e. The molecule has 12 rings (SSSR count). The van der Waals surface area contributed by atoms with Crippen LogP contribution >= 0.6 is 0 Å². The van der Waals surface area contributed by atoms with Crippen molar-refractivity contribution in [1.29, 1.82) is 0 Å². The molecule has 0 aliphatic rings. The van der Waals surface area contributed by atoms with Gasteiger partial charge in [-0.05, 0) is 44.5 Å². The van der Waals surface area contributed by atoms with Gasteiger partial charge in [-0.1, -0.05) is 109 Å². The molecule has 0 amide bonds. The second-order valence-electron chi connectivity index (χ2n) is 15.7. The summed E-state index contributed by atoms with van der Waals surface area (Å²) in [5, 5.41) is 107. The number of aromatic hydroxyl groups is 9. The Hall–Kier alpha value is -9.23. The molecule has 0 saturated carbocycles. The average Bonchev–Trinajstić information content (AvgIpc) is 3.69. The molecule has 0 aliphatic carbocycles. The zero-order chi connectivity index (χ0) is 43.9. The minimum Gasteiger partial charge on any atom is -0.507 e. The van der Waals surface area contributed by atoms with Crippen LogP contribution in [0.1, 0.15) is 0 Å². The molecule has 10 aromatic carbocycles. The van der Waals surface area contributed by atoms with Crippen LogP contribution in [0, 0.1) is 0 Å². The third kappa shape index (κ3) is 4.74. The van der Waals surface area contributed by atoms with E-state index in [1.54, 1.807) is 0 Å². The molecule has 0 fully saturated rings. The minimum absolute atomic E-state index is 0.0552. The van der Waals surface area contributed by atoms with E-state index in [0.29, 0.717) is 28.3 Å². The summed E-state index contributed by atoms with van der Waals surface area (Å²) in [7, 11) is 0. The van der Waals surface area contributed by atoms with Crippen molar-refractivity contribution in [1.82, 2.24) is 19.5 Å². The molecule has 0 bridgehead atoms. The summed E-state index contributed by atoms with van der Waals surface area (Å²) in [6.45, 7) is 0. The van der Waals surface area contributed by atoms with Crippen LogP contribution in [0.5, 0.6) is 51.7 Å². The lowest BCUT2D eigenvalue weighted by atomic mass is 9.91. The van der Waals surface area contributed by atoms with Gasteiger partial charge in [-0.25, -0.2) is 15.0 Å². The Bertz CT molecular complexity index is 3950. The van der Waals surface area contributed by atoms with Crippen molar-refractivity contribution in [3.8, 4) is 91.6 Å². The summed E-state index contributed by atoms with van der Waals surface area (Å²) in [4.78, 5) is 15.1. The monoisotopic (exact) mass is 842 g/mol. The number of phenolic OH excluding ortho intramolecular Hbond substituents is 9. The SMILES string of the molecule is Oc1c(O)c(O)c2c(c1O)c1c(O)cc(O)c3c1c1c2c(O)c(O)c(O)c1n3-c1cc2c3ccccc3c3ccccc3c2cc1-c1nc(-c2ccccc2)nc(-c2ccccc2)n1. The molecule has 0 saturated heterocycles. The molecule has 308 valence electrons. The van der Waals surface area contributed by atoms with Gasteiger partial charge in [0, 0.05) is 55.1 Å². The molecule has 13 nitrogen and oxygen atoms in total. The number of phenols is 9. The van der Waals surface area contributed by atoms with Gasteiger partial charge >= 0.3 is 0 Å². The van der Waals surface area contributed by atoms with Crippen molar-refractivity contribution in [3.63, 3.8) is 0 Å². The summed E-state index contributed by atoms with van der Waals surface area (Å²) in [5.41, 5.74) is 1.66. The van der Waals surface area contributed by atoms with Crippen LogP contribution in [0.15, 0.2) is 127 Å². The minimum atomic E-state index is -1.15. The van der Waals surface area contributed by atoms with Crippen molar-refractivity contribution in [2.24, 2.45) is 0 Å². The highest BCUT2D eigenvalue weighted by Gasteiger charge is 2.35. The van der Waals surface area contributed by atoms with Gasteiger partial charge in [0.15, 0.2) is 40.5 Å². The van der Waals surface area contributed by atoms with Gasteiger partial charge in [-0.15, -0.1) is 0 Å². The maximum absolute atomic E-state index is 12.1. The van der Waals surface area contributed by atoms with Crippen molar-refractivity contribution in [2.45, 2.75) is 0 Å². The number of fused-ring (bicyclic) bond motifs is 9. The van der Waals surface area contributed by atoms with Gasteiger partial charge in [0.05, 0.1) is 11.2 Å². The van der Waals surface area contributed by atoms with E-state index < -0.39 is 62.5 Å². The quantitative estimate of drug-likeness (QED) is 0.0458. The normalized spacial score (nSPS) is 12.0. The topological polar surface area (TPSA) is 226 Å². The lowest BCUT2D eigenvalue weighted by Crippen LogP contribution is -2.04. The summed E-state index contributed by atoms with van der Waals surface area (Å²) in [5.74, 6) is -7.47. The first-order valence-corrected chi connectivity index (χ1v) is 20.0. The molecule has 9 N–H and O–H groups in total. The maximum atomic E-state index is 12.1. The standard InChI is InChI=1S/C51H30N4O9/c56-32-21-33(57)40-35-34(32)37-39(44(60)48(64)47(63)42(37)58)38-36(35)41(45(61)46(62)43(38)59)55(40)31-20-29-27-18-10-8-16-25(27)24-15-7-9-17-26(24)28(29)19-30(31)51-53-49(22-11-3-1-4-12-22)52-50(54-51)23-13-5-2-6-14-23/h1-21,56-64H. The van der Waals surface area contributed by atoms with Gasteiger partial charge in [0.1, 0.15) is 17.0 Å². The number of benzene rings is 10. The predicted octanol–water partition coefficient (Wildman–Crippen LogP) is 10.5. The Kier molecular flexibility index (Phi) is 7.37. The zero-order valence-electron chi connectivity index (χ0n) is 32.9. The van der Waals surface area contributed by atoms with Crippen LogP contribution in [0.3, 0.4) is 0 Å². The number of aromatic nitrogens is 4. The molecule has 64 heavy (non-hydrogen) atoms. The van der Waals surface area contributed by atoms with E-state index in [1.165, 1.54) is 4.57 Å². The van der Waals surface area contributed by atoms with Crippen LogP contribution in [0.25, 0.3) is 116 Å². The number of hydrogen-bond acceptors (Lipinski definition) is 12. The van der Waals surface area contributed by atoms with Crippen LogP contribution < -0.4 is 0 Å². The third-order valence-corrected chi connectivity index (χ3v) is 12.3. The van der Waals surface area contributed by atoms with Crippen molar-refractivity contribution >= 4 is 75.7 Å². The second-order valence-corrected chi connectivity index (χ2v) is 15.7. The predicted molar refractivity (Wildman–Crippen MR) is 244 cm³/mol. The molecule has 0 spiro atoms. The van der Waals surface area contributed by atoms with E-state index in [-0.39, 0.29) is 44.1 Å². The molecular formula is C51H30N4O9. The van der Waals surface area contributed by atoms with E-state index in [1.807, 2.05) is 121 Å². The fourth-order valence-electron chi connectivity index (χ4n) is 9.54. The highest BCUT2D eigenvalue weighted by molar-refractivity contribution is 6.40. The van der Waals surface area contributed by atoms with Crippen LogP contribution in [0.2, 0.25) is 0 Å². The first-order valence-electron chi connectivity index (χ1n) is 20.0. The Morgan fingerprint density at radius 3 is 1.25 bits per heavy atom. The average molecular weight is 843 g/mol. The molecule has 0 aliphatic heterocycles. The highest BCUT2D eigenvalue weighted by Crippen LogP contribution is 2.62. The molecule has 2 aromatic heterocycles. The summed E-state index contributed by atoms with van der Waals surface area (Å²) < 4.78 is 1.44. The lowest BCUT2D eigenvalue weighted by molar-refractivity contribution is 0.351. The second kappa shape index (κ2) is 12.9. The molecule has 2 heterocycles. The van der Waals surface area contributed by atoms with Crippen molar-refractivity contribution in [2.75, 3.05) is 0 Å². The number of hydrogen-bond donors (Lipinski definition) is 9. The molecular weight excluding hydrogens is 813 g/mol. The van der Waals surface area contributed by atoms with Crippen LogP contribution in [-0.4, -0.2) is 65.5 Å². The van der Waals surface area contributed by atoms with Crippen molar-refractivity contribution < 1.29 is 46.0 Å². The van der Waals surface area contributed by atoms with Gasteiger partial charge in [0.25, 0.3) is 0 Å². The lowest BCUT2D eigenvalue weighted by Gasteiger charge is -2.19. The molecule has 13 heteroatoms. The molecule has 0 unspecified atom stereocenters. The highest BCUT2D eigenvalue weighted by atomic mass is 16.3. The van der Waals surface area contributed by atoms with Gasteiger partial charge in [-0.2, -0.15) is 0 Å². The van der Waals surface area contributed by atoms with E-state index >= 15 is 0 Å². The van der Waals surface area contributed by atoms with Crippen molar-refractivity contribution in [3.05, 3.63) is 127 Å². The Morgan fingerprint density at radius 2 is 0.719 bits per heavy atom. The third-order valence-electron chi connectivity index (χ3n) is 12.3. The Balaban J connectivity index is 1.35. The first-order chi connectivity index (χ1) is 31.0. The Labute approximate surface area is 359 Å². The van der Waals surface area contributed by atoms with Gasteiger partial charge < -0.3 is 50.5 Å². The Morgan fingerprint density at radius 1 is 0.312 bits per heavy atom. The maximum Gasteiger partial charge on any atom is 0.204 e. The fraction of sp³-hybridized carbons (Fsp3) is 0. The first kappa shape index (κ1) is 36.6. The molecule has 0 atom stereocenters. The summed E-state index contributed by atoms with van der Waals surface area (Å²) in [6, 6.07) is 39.3. The van der Waals surface area contributed by atoms with Gasteiger partial charge in [0.2, 0.25) is 17.2 Å².